The molecule has 3 aromatic rings. The molecule has 0 bridgehead atoms. The lowest BCUT2D eigenvalue weighted by molar-refractivity contribution is -0.0504. The Hall–Kier alpha value is -3.30. The Morgan fingerprint density at radius 2 is 2.06 bits per heavy atom. The van der Waals surface area contributed by atoms with E-state index in [1.165, 1.54) is 13.4 Å². The van der Waals surface area contributed by atoms with Crippen molar-refractivity contribution in [2.45, 2.75) is 65.0 Å². The topological polar surface area (TPSA) is 102 Å². The average Bonchev–Trinajstić information content (AvgIpc) is 3.09. The smallest absolute Gasteiger partial charge is 0.256 e. The average molecular weight is 474 g/mol. The zero-order valence-electron chi connectivity index (χ0n) is 19.7. The van der Waals surface area contributed by atoms with Gasteiger partial charge in [-0.25, -0.2) is 18.7 Å². The van der Waals surface area contributed by atoms with Crippen LogP contribution >= 0.6 is 0 Å². The highest BCUT2D eigenvalue weighted by Gasteiger charge is 2.38. The zero-order valence-corrected chi connectivity index (χ0v) is 19.7. The Morgan fingerprint density at radius 1 is 1.35 bits per heavy atom. The third-order valence-corrected chi connectivity index (χ3v) is 6.87. The number of fused-ring (bicyclic) bond motifs is 1. The summed E-state index contributed by atoms with van der Waals surface area (Å²) in [4.78, 5) is 36.9. The van der Waals surface area contributed by atoms with Gasteiger partial charge in [0.15, 0.2) is 0 Å². The molecule has 8 nitrogen and oxygen atoms in total. The van der Waals surface area contributed by atoms with Crippen LogP contribution in [0.3, 0.4) is 0 Å². The number of hydrogen-bond donors (Lipinski definition) is 2. The number of halogens is 2. The molecule has 0 aliphatic heterocycles. The van der Waals surface area contributed by atoms with Crippen molar-refractivity contribution in [3.05, 3.63) is 51.5 Å². The van der Waals surface area contributed by atoms with E-state index < -0.39 is 5.92 Å². The highest BCUT2D eigenvalue weighted by atomic mass is 19.3. The van der Waals surface area contributed by atoms with Crippen LogP contribution in [0, 0.1) is 19.8 Å². The number of alkyl halides is 2. The van der Waals surface area contributed by atoms with Gasteiger partial charge in [0.1, 0.15) is 17.7 Å². The van der Waals surface area contributed by atoms with Crippen LogP contribution in [-0.2, 0) is 6.54 Å². The van der Waals surface area contributed by atoms with Crippen LogP contribution in [0.5, 0.6) is 5.75 Å². The van der Waals surface area contributed by atoms with Crippen molar-refractivity contribution in [2.75, 3.05) is 7.11 Å². The quantitative estimate of drug-likeness (QED) is 0.562. The fourth-order valence-corrected chi connectivity index (χ4v) is 5.00. The van der Waals surface area contributed by atoms with Gasteiger partial charge in [-0.15, -0.1) is 0 Å². The summed E-state index contributed by atoms with van der Waals surface area (Å²) in [5.74, 6) is -2.53. The molecule has 1 fully saturated rings. The van der Waals surface area contributed by atoms with Gasteiger partial charge >= 0.3 is 0 Å². The van der Waals surface area contributed by atoms with Crippen molar-refractivity contribution in [2.24, 2.45) is 5.92 Å². The van der Waals surface area contributed by atoms with Crippen molar-refractivity contribution in [1.29, 1.82) is 0 Å². The third-order valence-electron chi connectivity index (χ3n) is 6.87. The third kappa shape index (κ3) is 4.41. The van der Waals surface area contributed by atoms with Gasteiger partial charge in [-0.3, -0.25) is 9.59 Å². The summed E-state index contributed by atoms with van der Waals surface area (Å²) in [6, 6.07) is 1.58. The molecule has 1 unspecified atom stereocenters. The number of pyridine rings is 1. The Morgan fingerprint density at radius 3 is 2.74 bits per heavy atom. The summed E-state index contributed by atoms with van der Waals surface area (Å²) in [6.45, 7) is 5.54. The number of hydrogen-bond acceptors (Lipinski definition) is 5. The minimum atomic E-state index is -2.61. The number of carbonyl (C=O) groups is 1. The van der Waals surface area contributed by atoms with E-state index in [4.69, 9.17) is 4.74 Å². The molecule has 3 heterocycles. The van der Waals surface area contributed by atoms with Crippen LogP contribution < -0.4 is 15.6 Å². The molecular formula is C24H29F2N5O3. The second-order valence-electron chi connectivity index (χ2n) is 9.04. The van der Waals surface area contributed by atoms with E-state index in [0.717, 1.165) is 0 Å². The Bertz CT molecular complexity index is 1270. The second kappa shape index (κ2) is 9.15. The molecule has 0 radical (unpaired) electrons. The number of nitrogens with one attached hydrogen (secondary N) is 2. The SMILES string of the molecule is COc1cc(C)[nH]c(=O)c1CNC(=O)c1c(C)n(C(C)C2CCC(F)(F)CC2)c2ncncc12. The van der Waals surface area contributed by atoms with E-state index >= 15 is 0 Å². The molecule has 0 saturated heterocycles. The first-order chi connectivity index (χ1) is 16.1. The summed E-state index contributed by atoms with van der Waals surface area (Å²) < 4.78 is 34.7. The van der Waals surface area contributed by atoms with Crippen LogP contribution in [0.15, 0.2) is 23.4 Å². The monoisotopic (exact) mass is 473 g/mol. The molecular weight excluding hydrogens is 444 g/mol. The van der Waals surface area contributed by atoms with Gasteiger partial charge in [-0.05, 0) is 45.6 Å². The molecule has 1 saturated carbocycles. The first kappa shape index (κ1) is 23.8. The van der Waals surface area contributed by atoms with Crippen LogP contribution in [0.2, 0.25) is 0 Å². The largest absolute Gasteiger partial charge is 0.496 e. The minimum absolute atomic E-state index is 0.0231. The van der Waals surface area contributed by atoms with Gasteiger partial charge in [0.05, 0.1) is 30.2 Å². The van der Waals surface area contributed by atoms with E-state index in [2.05, 4.69) is 20.3 Å². The summed E-state index contributed by atoms with van der Waals surface area (Å²) in [6.07, 6.45) is 3.57. The lowest BCUT2D eigenvalue weighted by Gasteiger charge is -2.33. The fraction of sp³-hybridized carbons (Fsp3) is 0.500. The van der Waals surface area contributed by atoms with E-state index in [1.54, 1.807) is 19.2 Å². The number of methoxy groups -OCH3 is 1. The molecule has 1 aliphatic rings. The molecule has 10 heteroatoms. The lowest BCUT2D eigenvalue weighted by atomic mass is 9.82. The number of nitrogens with zero attached hydrogens (tertiary/aromatic N) is 3. The molecule has 4 rings (SSSR count). The molecule has 3 aromatic heterocycles. The Balaban J connectivity index is 1.65. The van der Waals surface area contributed by atoms with Gasteiger partial charge in [0.2, 0.25) is 5.92 Å². The predicted octanol–water partition coefficient (Wildman–Crippen LogP) is 4.06. The maximum Gasteiger partial charge on any atom is 0.256 e. The van der Waals surface area contributed by atoms with E-state index in [-0.39, 0.29) is 42.8 Å². The van der Waals surface area contributed by atoms with E-state index in [9.17, 15) is 18.4 Å². The summed E-state index contributed by atoms with van der Waals surface area (Å²) in [5.41, 5.74) is 2.32. The summed E-state index contributed by atoms with van der Waals surface area (Å²) in [7, 11) is 1.47. The van der Waals surface area contributed by atoms with Crippen molar-refractivity contribution >= 4 is 16.9 Å². The molecule has 1 amide bonds. The van der Waals surface area contributed by atoms with Crippen LogP contribution in [0.4, 0.5) is 8.78 Å². The van der Waals surface area contributed by atoms with Crippen LogP contribution in [0.1, 0.15) is 66.0 Å². The number of amides is 1. The maximum atomic E-state index is 13.7. The van der Waals surface area contributed by atoms with Crippen molar-refractivity contribution in [3.63, 3.8) is 0 Å². The van der Waals surface area contributed by atoms with Crippen molar-refractivity contribution in [1.82, 2.24) is 24.8 Å². The van der Waals surface area contributed by atoms with Crippen molar-refractivity contribution in [3.8, 4) is 5.75 Å². The number of rotatable bonds is 6. The van der Waals surface area contributed by atoms with Gasteiger partial charge in [0.25, 0.3) is 11.5 Å². The molecule has 1 aliphatic carbocycles. The maximum absolute atomic E-state index is 13.7. The van der Waals surface area contributed by atoms with Gasteiger partial charge in [-0.1, -0.05) is 0 Å². The Kier molecular flexibility index (Phi) is 6.42. The number of aryl methyl sites for hydroxylation is 1. The number of aromatic nitrogens is 4. The van der Waals surface area contributed by atoms with Gasteiger partial charge < -0.3 is 19.6 Å². The molecule has 182 valence electrons. The van der Waals surface area contributed by atoms with Crippen molar-refractivity contribution < 1.29 is 18.3 Å². The standard InChI is InChI=1S/C24H29F2N5O3/c1-13-9-19(34-4)17(22(32)30-13)11-28-23(33)20-15(3)31(21-18(20)10-27-12-29-21)14(2)16-5-7-24(25,26)8-6-16/h9-10,12,14,16H,5-8,11H2,1-4H3,(H,28,33)(H,30,32). The predicted molar refractivity (Wildman–Crippen MR) is 123 cm³/mol. The van der Waals surface area contributed by atoms with Gasteiger partial charge in [0, 0.05) is 36.5 Å². The number of H-pyrrole nitrogens is 1. The van der Waals surface area contributed by atoms with Crippen LogP contribution in [0.25, 0.3) is 11.0 Å². The highest BCUT2D eigenvalue weighted by Crippen LogP contribution is 2.42. The zero-order chi connectivity index (χ0) is 24.6. The van der Waals surface area contributed by atoms with Gasteiger partial charge in [-0.2, -0.15) is 0 Å². The van der Waals surface area contributed by atoms with E-state index in [1.807, 2.05) is 18.4 Å². The van der Waals surface area contributed by atoms with Crippen LogP contribution in [-0.4, -0.2) is 38.5 Å². The first-order valence-corrected chi connectivity index (χ1v) is 11.4. The molecule has 2 N–H and O–H groups in total. The number of carbonyl (C=O) groups excluding carboxylic acids is 1. The summed E-state index contributed by atoms with van der Waals surface area (Å²) in [5, 5.41) is 3.40. The first-order valence-electron chi connectivity index (χ1n) is 11.4. The molecule has 1 atom stereocenters. The number of aromatic amines is 1. The lowest BCUT2D eigenvalue weighted by Crippen LogP contribution is -2.30. The molecule has 34 heavy (non-hydrogen) atoms. The fourth-order valence-electron chi connectivity index (χ4n) is 5.00. The second-order valence-corrected chi connectivity index (χ2v) is 9.04. The summed E-state index contributed by atoms with van der Waals surface area (Å²) >= 11 is 0. The number of ether oxygens (including phenoxy) is 1. The molecule has 0 aromatic carbocycles. The Labute approximate surface area is 195 Å². The minimum Gasteiger partial charge on any atom is -0.496 e. The molecule has 0 spiro atoms. The van der Waals surface area contributed by atoms with E-state index in [0.29, 0.717) is 52.1 Å². The normalized spacial score (nSPS) is 17.0. The highest BCUT2D eigenvalue weighted by molar-refractivity contribution is 6.07.